The van der Waals surface area contributed by atoms with E-state index in [2.05, 4.69) is 37.3 Å². The van der Waals surface area contributed by atoms with Gasteiger partial charge in [-0.1, -0.05) is 37.3 Å². The summed E-state index contributed by atoms with van der Waals surface area (Å²) >= 11 is 0. The first-order chi connectivity index (χ1) is 5.88. The van der Waals surface area contributed by atoms with E-state index in [4.69, 9.17) is 4.74 Å². The minimum atomic E-state index is 0.617. The van der Waals surface area contributed by atoms with Crippen LogP contribution in [0, 0.1) is 5.92 Å². The van der Waals surface area contributed by atoms with Crippen molar-refractivity contribution in [1.82, 2.24) is 0 Å². The summed E-state index contributed by atoms with van der Waals surface area (Å²) in [5.74, 6) is 1.29. The van der Waals surface area contributed by atoms with Crippen molar-refractivity contribution in [3.05, 3.63) is 35.9 Å². The first-order valence-corrected chi connectivity index (χ1v) is 4.50. The topological polar surface area (TPSA) is 9.23 Å². The second kappa shape index (κ2) is 3.28. The molecular weight excluding hydrogens is 148 g/mol. The van der Waals surface area contributed by atoms with Gasteiger partial charge in [-0.3, -0.25) is 0 Å². The Morgan fingerprint density at radius 3 is 2.50 bits per heavy atom. The highest BCUT2D eigenvalue weighted by atomic mass is 16.5. The predicted octanol–water partition coefficient (Wildman–Crippen LogP) is 2.44. The molecule has 0 bridgehead atoms. The molecule has 1 aliphatic rings. The van der Waals surface area contributed by atoms with Crippen LogP contribution in [-0.4, -0.2) is 13.2 Å². The molecule has 1 fully saturated rings. The third-order valence-corrected chi connectivity index (χ3v) is 2.59. The lowest BCUT2D eigenvalue weighted by atomic mass is 9.91. The van der Waals surface area contributed by atoms with Gasteiger partial charge in [0.1, 0.15) is 0 Å². The molecule has 2 atom stereocenters. The number of rotatable bonds is 1. The fourth-order valence-corrected chi connectivity index (χ4v) is 1.79. The molecule has 0 spiro atoms. The first kappa shape index (κ1) is 7.81. The van der Waals surface area contributed by atoms with Gasteiger partial charge in [-0.2, -0.15) is 0 Å². The standard InChI is InChI=1S/C11H14O/c1-9-7-12-8-11(9)10-5-3-2-4-6-10/h2-6,9,11H,7-8H2,1H3/t9?,11-/m1/s1. The van der Waals surface area contributed by atoms with E-state index in [0.29, 0.717) is 11.8 Å². The van der Waals surface area contributed by atoms with Crippen LogP contribution in [0.25, 0.3) is 0 Å². The van der Waals surface area contributed by atoms with Crippen molar-refractivity contribution in [2.45, 2.75) is 12.8 Å². The number of hydrogen-bond acceptors (Lipinski definition) is 1. The molecule has 0 N–H and O–H groups in total. The van der Waals surface area contributed by atoms with Crippen LogP contribution in [0.1, 0.15) is 18.4 Å². The summed E-state index contributed by atoms with van der Waals surface area (Å²) in [5.41, 5.74) is 1.42. The summed E-state index contributed by atoms with van der Waals surface area (Å²) in [6.45, 7) is 4.06. The maximum absolute atomic E-state index is 5.42. The molecule has 64 valence electrons. The maximum atomic E-state index is 5.42. The molecular formula is C11H14O. The van der Waals surface area contributed by atoms with Crippen molar-refractivity contribution in [3.8, 4) is 0 Å². The quantitative estimate of drug-likeness (QED) is 0.616. The molecule has 0 amide bonds. The van der Waals surface area contributed by atoms with E-state index >= 15 is 0 Å². The van der Waals surface area contributed by atoms with Crippen LogP contribution in [0.15, 0.2) is 30.3 Å². The Hall–Kier alpha value is -0.820. The molecule has 1 nitrogen and oxygen atoms in total. The summed E-state index contributed by atoms with van der Waals surface area (Å²) in [6, 6.07) is 10.6. The van der Waals surface area contributed by atoms with E-state index in [0.717, 1.165) is 13.2 Å². The molecule has 1 unspecified atom stereocenters. The highest BCUT2D eigenvalue weighted by Crippen LogP contribution is 2.29. The van der Waals surface area contributed by atoms with Crippen LogP contribution in [0.3, 0.4) is 0 Å². The van der Waals surface area contributed by atoms with E-state index in [1.807, 2.05) is 0 Å². The van der Waals surface area contributed by atoms with Gasteiger partial charge in [0, 0.05) is 12.5 Å². The fraction of sp³-hybridized carbons (Fsp3) is 0.455. The molecule has 0 aromatic heterocycles. The van der Waals surface area contributed by atoms with Gasteiger partial charge in [-0.15, -0.1) is 0 Å². The van der Waals surface area contributed by atoms with Crippen molar-refractivity contribution in [2.24, 2.45) is 5.92 Å². The number of ether oxygens (including phenoxy) is 1. The van der Waals surface area contributed by atoms with Crippen molar-refractivity contribution in [2.75, 3.05) is 13.2 Å². The second-order valence-electron chi connectivity index (χ2n) is 3.53. The second-order valence-corrected chi connectivity index (χ2v) is 3.53. The molecule has 1 aromatic rings. The Morgan fingerprint density at radius 1 is 1.17 bits per heavy atom. The van der Waals surface area contributed by atoms with Gasteiger partial charge in [-0.25, -0.2) is 0 Å². The zero-order valence-corrected chi connectivity index (χ0v) is 7.36. The fourth-order valence-electron chi connectivity index (χ4n) is 1.79. The molecule has 0 aliphatic carbocycles. The third kappa shape index (κ3) is 1.37. The van der Waals surface area contributed by atoms with Crippen molar-refractivity contribution >= 4 is 0 Å². The van der Waals surface area contributed by atoms with Gasteiger partial charge in [-0.05, 0) is 11.5 Å². The highest BCUT2D eigenvalue weighted by Gasteiger charge is 2.25. The lowest BCUT2D eigenvalue weighted by molar-refractivity contribution is 0.186. The average molecular weight is 162 g/mol. The molecule has 1 aromatic carbocycles. The normalized spacial score (nSPS) is 29.1. The maximum Gasteiger partial charge on any atom is 0.0538 e. The molecule has 1 saturated heterocycles. The van der Waals surface area contributed by atoms with Crippen LogP contribution in [-0.2, 0) is 4.74 Å². The van der Waals surface area contributed by atoms with Gasteiger partial charge in [0.05, 0.1) is 6.61 Å². The van der Waals surface area contributed by atoms with Gasteiger partial charge < -0.3 is 4.74 Å². The van der Waals surface area contributed by atoms with E-state index in [-0.39, 0.29) is 0 Å². The van der Waals surface area contributed by atoms with E-state index in [1.54, 1.807) is 0 Å². The van der Waals surface area contributed by atoms with Crippen LogP contribution >= 0.6 is 0 Å². The van der Waals surface area contributed by atoms with Crippen LogP contribution in [0.4, 0.5) is 0 Å². The molecule has 1 heteroatoms. The largest absolute Gasteiger partial charge is 0.381 e. The Morgan fingerprint density at radius 2 is 1.92 bits per heavy atom. The van der Waals surface area contributed by atoms with Crippen LogP contribution < -0.4 is 0 Å². The lowest BCUT2D eigenvalue weighted by Gasteiger charge is -2.12. The molecule has 12 heavy (non-hydrogen) atoms. The third-order valence-electron chi connectivity index (χ3n) is 2.59. The van der Waals surface area contributed by atoms with Gasteiger partial charge >= 0.3 is 0 Å². The van der Waals surface area contributed by atoms with E-state index in [1.165, 1.54) is 5.56 Å². The molecule has 1 aliphatic heterocycles. The zero-order valence-electron chi connectivity index (χ0n) is 7.36. The Balaban J connectivity index is 2.19. The Kier molecular flexibility index (Phi) is 2.13. The minimum Gasteiger partial charge on any atom is -0.381 e. The highest BCUT2D eigenvalue weighted by molar-refractivity contribution is 5.20. The van der Waals surface area contributed by atoms with Crippen molar-refractivity contribution < 1.29 is 4.74 Å². The monoisotopic (exact) mass is 162 g/mol. The molecule has 0 saturated carbocycles. The SMILES string of the molecule is CC1COC[C@H]1c1ccccc1. The van der Waals surface area contributed by atoms with Crippen molar-refractivity contribution in [1.29, 1.82) is 0 Å². The lowest BCUT2D eigenvalue weighted by Crippen LogP contribution is -2.05. The smallest absolute Gasteiger partial charge is 0.0538 e. The minimum absolute atomic E-state index is 0.617. The molecule has 0 radical (unpaired) electrons. The van der Waals surface area contributed by atoms with Crippen LogP contribution in [0.5, 0.6) is 0 Å². The molecule has 2 rings (SSSR count). The van der Waals surface area contributed by atoms with Crippen molar-refractivity contribution in [3.63, 3.8) is 0 Å². The molecule has 1 heterocycles. The Bertz CT molecular complexity index is 242. The van der Waals surface area contributed by atoms with Gasteiger partial charge in [0.25, 0.3) is 0 Å². The van der Waals surface area contributed by atoms with E-state index < -0.39 is 0 Å². The first-order valence-electron chi connectivity index (χ1n) is 4.50. The predicted molar refractivity (Wildman–Crippen MR) is 49.2 cm³/mol. The van der Waals surface area contributed by atoms with E-state index in [9.17, 15) is 0 Å². The average Bonchev–Trinajstić information content (AvgIpc) is 2.53. The van der Waals surface area contributed by atoms with Gasteiger partial charge in [0.2, 0.25) is 0 Å². The summed E-state index contributed by atoms with van der Waals surface area (Å²) in [6.07, 6.45) is 0. The Labute approximate surface area is 73.4 Å². The number of hydrogen-bond donors (Lipinski definition) is 0. The summed E-state index contributed by atoms with van der Waals surface area (Å²) in [4.78, 5) is 0. The summed E-state index contributed by atoms with van der Waals surface area (Å²) in [7, 11) is 0. The summed E-state index contributed by atoms with van der Waals surface area (Å²) in [5, 5.41) is 0. The summed E-state index contributed by atoms with van der Waals surface area (Å²) < 4.78 is 5.42. The number of benzene rings is 1. The zero-order chi connectivity index (χ0) is 8.39. The van der Waals surface area contributed by atoms with Crippen LogP contribution in [0.2, 0.25) is 0 Å². The van der Waals surface area contributed by atoms with Gasteiger partial charge in [0.15, 0.2) is 0 Å².